The number of esters is 1. The summed E-state index contributed by atoms with van der Waals surface area (Å²) in [5.41, 5.74) is 0. The van der Waals surface area contributed by atoms with Gasteiger partial charge in [-0.1, -0.05) is 0 Å². The van der Waals surface area contributed by atoms with Crippen molar-refractivity contribution in [1.82, 2.24) is 0 Å². The topological polar surface area (TPSA) is 100 Å². The summed E-state index contributed by atoms with van der Waals surface area (Å²) in [6, 6.07) is 0. The molecule has 0 fully saturated rings. The molecular formula is C7H15NO5S. The van der Waals surface area contributed by atoms with Crippen molar-refractivity contribution in [3.8, 4) is 0 Å². The standard InChI is InChI=1S/C7H15NO5S/c1-7(9)13-5-4-8-3-2-6-14(10,11)12/h8H,2-6H2,1H3,(H,10,11,12). The van der Waals surface area contributed by atoms with Gasteiger partial charge in [-0.15, -0.1) is 0 Å². The van der Waals surface area contributed by atoms with E-state index >= 15 is 0 Å². The lowest BCUT2D eigenvalue weighted by Crippen LogP contribution is -2.85. The lowest BCUT2D eigenvalue weighted by Gasteiger charge is -2.05. The molecular weight excluding hydrogens is 210 g/mol. The minimum Gasteiger partial charge on any atom is -0.748 e. The fourth-order valence-electron chi connectivity index (χ4n) is 0.835. The molecule has 2 N–H and O–H groups in total. The molecule has 6 nitrogen and oxygen atoms in total. The first-order valence-corrected chi connectivity index (χ1v) is 5.88. The Morgan fingerprint density at radius 3 is 2.57 bits per heavy atom. The van der Waals surface area contributed by atoms with Gasteiger partial charge in [-0.25, -0.2) is 8.42 Å². The van der Waals surface area contributed by atoms with Crippen LogP contribution in [0.5, 0.6) is 0 Å². The van der Waals surface area contributed by atoms with Gasteiger partial charge in [0.25, 0.3) is 0 Å². The van der Waals surface area contributed by atoms with Crippen molar-refractivity contribution < 1.29 is 27.8 Å². The zero-order chi connectivity index (χ0) is 11.0. The van der Waals surface area contributed by atoms with Gasteiger partial charge in [0.15, 0.2) is 0 Å². The molecule has 0 aliphatic rings. The average Bonchev–Trinajstić information content (AvgIpc) is 2.00. The zero-order valence-corrected chi connectivity index (χ0v) is 8.88. The molecule has 0 unspecified atom stereocenters. The summed E-state index contributed by atoms with van der Waals surface area (Å²) in [5, 5.41) is 1.80. The van der Waals surface area contributed by atoms with Crippen molar-refractivity contribution >= 4 is 16.1 Å². The minimum absolute atomic E-state index is 0.305. The largest absolute Gasteiger partial charge is 0.748 e. The number of ether oxygens (including phenoxy) is 1. The Bertz CT molecular complexity index is 261. The quantitative estimate of drug-likeness (QED) is 0.308. The van der Waals surface area contributed by atoms with Crippen molar-refractivity contribution in [2.45, 2.75) is 13.3 Å². The maximum atomic E-state index is 10.3. The molecule has 0 spiro atoms. The second-order valence-corrected chi connectivity index (χ2v) is 4.35. The zero-order valence-electron chi connectivity index (χ0n) is 8.06. The summed E-state index contributed by atoms with van der Waals surface area (Å²) in [4.78, 5) is 10.3. The Labute approximate surface area is 83.4 Å². The van der Waals surface area contributed by atoms with Crippen LogP contribution in [0, 0.1) is 0 Å². The van der Waals surface area contributed by atoms with E-state index in [1.165, 1.54) is 6.92 Å². The van der Waals surface area contributed by atoms with Crippen LogP contribution in [0.3, 0.4) is 0 Å². The summed E-state index contributed by atoms with van der Waals surface area (Å²) in [7, 11) is -4.09. The maximum Gasteiger partial charge on any atom is 0.302 e. The van der Waals surface area contributed by atoms with Gasteiger partial charge in [0.1, 0.15) is 13.2 Å². The van der Waals surface area contributed by atoms with Crippen molar-refractivity contribution in [2.75, 3.05) is 25.4 Å². The number of hydrogen-bond acceptors (Lipinski definition) is 5. The number of hydrogen-bond donors (Lipinski definition) is 1. The van der Waals surface area contributed by atoms with Gasteiger partial charge in [-0.3, -0.25) is 4.79 Å². The van der Waals surface area contributed by atoms with Crippen molar-refractivity contribution in [1.29, 1.82) is 0 Å². The van der Waals surface area contributed by atoms with Gasteiger partial charge in [0.05, 0.1) is 16.7 Å². The number of carbonyl (C=O) groups is 1. The fourth-order valence-corrected chi connectivity index (χ4v) is 1.35. The van der Waals surface area contributed by atoms with Crippen LogP contribution in [0.1, 0.15) is 13.3 Å². The monoisotopic (exact) mass is 225 g/mol. The van der Waals surface area contributed by atoms with Crippen LogP contribution in [-0.2, 0) is 19.6 Å². The van der Waals surface area contributed by atoms with Gasteiger partial charge >= 0.3 is 5.97 Å². The smallest absolute Gasteiger partial charge is 0.302 e. The summed E-state index contributed by atoms with van der Waals surface area (Å²) in [6.07, 6.45) is 0.325. The first-order valence-electron chi connectivity index (χ1n) is 4.30. The fraction of sp³-hybridized carbons (Fsp3) is 0.857. The molecule has 0 radical (unpaired) electrons. The molecule has 0 aromatic rings. The molecule has 7 heteroatoms. The number of carbonyl (C=O) groups excluding carboxylic acids is 1. The van der Waals surface area contributed by atoms with Crippen LogP contribution in [0.15, 0.2) is 0 Å². The SMILES string of the molecule is CC(=O)OCC[NH2+]CCCS(=O)(=O)[O-]. The maximum absolute atomic E-state index is 10.3. The third kappa shape index (κ3) is 11.3. The Morgan fingerprint density at radius 2 is 2.07 bits per heavy atom. The Balaban J connectivity index is 3.19. The molecule has 0 bridgehead atoms. The predicted molar refractivity (Wildman–Crippen MR) is 47.5 cm³/mol. The van der Waals surface area contributed by atoms with Gasteiger partial charge < -0.3 is 14.6 Å². The summed E-state index contributed by atoms with van der Waals surface area (Å²) >= 11 is 0. The highest BCUT2D eigenvalue weighted by molar-refractivity contribution is 7.85. The van der Waals surface area contributed by atoms with Crippen molar-refractivity contribution in [3.05, 3.63) is 0 Å². The molecule has 0 heterocycles. The lowest BCUT2D eigenvalue weighted by molar-refractivity contribution is -0.655. The van der Waals surface area contributed by atoms with Crippen LogP contribution >= 0.6 is 0 Å². The van der Waals surface area contributed by atoms with Gasteiger partial charge in [0.2, 0.25) is 0 Å². The Kier molecular flexibility index (Phi) is 6.43. The Hall–Kier alpha value is -0.660. The molecule has 84 valence electrons. The minimum atomic E-state index is -4.09. The van der Waals surface area contributed by atoms with Crippen LogP contribution in [0.4, 0.5) is 0 Å². The second kappa shape index (κ2) is 6.74. The predicted octanol–water partition coefficient (Wildman–Crippen LogP) is -1.95. The summed E-state index contributed by atoms with van der Waals surface area (Å²) < 4.78 is 35.2. The molecule has 0 amide bonds. The van der Waals surface area contributed by atoms with E-state index in [1.807, 2.05) is 0 Å². The number of quaternary nitrogens is 1. The third-order valence-corrected chi connectivity index (χ3v) is 2.22. The van der Waals surface area contributed by atoms with Crippen LogP contribution in [-0.4, -0.2) is 44.4 Å². The summed E-state index contributed by atoms with van der Waals surface area (Å²) in [6.45, 7) is 2.75. The highest BCUT2D eigenvalue weighted by Crippen LogP contribution is 1.83. The normalized spacial score (nSPS) is 11.3. The Morgan fingerprint density at radius 1 is 1.43 bits per heavy atom. The molecule has 0 aliphatic carbocycles. The first kappa shape index (κ1) is 13.3. The number of nitrogens with two attached hydrogens (primary N) is 1. The second-order valence-electron chi connectivity index (χ2n) is 2.82. The van der Waals surface area contributed by atoms with E-state index in [4.69, 9.17) is 0 Å². The molecule has 0 saturated heterocycles. The average molecular weight is 225 g/mol. The van der Waals surface area contributed by atoms with Crippen LogP contribution < -0.4 is 5.32 Å². The van der Waals surface area contributed by atoms with Gasteiger partial charge in [-0.05, 0) is 0 Å². The van der Waals surface area contributed by atoms with Crippen molar-refractivity contribution in [2.24, 2.45) is 0 Å². The molecule has 0 aromatic heterocycles. The van der Waals surface area contributed by atoms with E-state index in [9.17, 15) is 17.8 Å². The molecule has 0 atom stereocenters. The van der Waals surface area contributed by atoms with E-state index in [1.54, 1.807) is 5.32 Å². The number of rotatable bonds is 7. The van der Waals surface area contributed by atoms with Gasteiger partial charge in [-0.2, -0.15) is 0 Å². The van der Waals surface area contributed by atoms with Crippen molar-refractivity contribution in [3.63, 3.8) is 0 Å². The highest BCUT2D eigenvalue weighted by atomic mass is 32.2. The van der Waals surface area contributed by atoms with Crippen LogP contribution in [0.2, 0.25) is 0 Å². The van der Waals surface area contributed by atoms with Crippen LogP contribution in [0.25, 0.3) is 0 Å². The first-order chi connectivity index (χ1) is 6.42. The van der Waals surface area contributed by atoms with E-state index in [2.05, 4.69) is 4.74 Å². The lowest BCUT2D eigenvalue weighted by atomic mass is 10.5. The van der Waals surface area contributed by atoms with E-state index in [0.29, 0.717) is 26.1 Å². The van der Waals surface area contributed by atoms with E-state index in [-0.39, 0.29) is 11.7 Å². The molecule has 0 aliphatic heterocycles. The third-order valence-electron chi connectivity index (χ3n) is 1.43. The molecule has 0 aromatic carbocycles. The molecule has 0 saturated carbocycles. The van der Waals surface area contributed by atoms with Gasteiger partial charge in [0, 0.05) is 19.1 Å². The molecule has 14 heavy (non-hydrogen) atoms. The highest BCUT2D eigenvalue weighted by Gasteiger charge is 1.97. The molecule has 0 rings (SSSR count). The summed E-state index contributed by atoms with van der Waals surface area (Å²) in [5.74, 6) is -0.669. The van der Waals surface area contributed by atoms with E-state index in [0.717, 1.165) is 0 Å². The van der Waals surface area contributed by atoms with E-state index < -0.39 is 10.1 Å².